The number of fused-ring (bicyclic) bond motifs is 1. The Bertz CT molecular complexity index is 537. The molecule has 2 heterocycles. The molecule has 1 N–H and O–H groups in total. The average Bonchev–Trinajstić information content (AvgIpc) is 2.87. The molecule has 6 heteroatoms. The second-order valence-corrected chi connectivity index (χ2v) is 6.64. The van der Waals surface area contributed by atoms with Gasteiger partial charge in [0.1, 0.15) is 11.8 Å². The van der Waals surface area contributed by atoms with Gasteiger partial charge >= 0.3 is 5.97 Å². The van der Waals surface area contributed by atoms with Crippen molar-refractivity contribution in [3.8, 4) is 5.75 Å². The summed E-state index contributed by atoms with van der Waals surface area (Å²) in [5.74, 6) is 1.75. The van der Waals surface area contributed by atoms with Gasteiger partial charge in [-0.2, -0.15) is 11.8 Å². The number of hydrogen-bond acceptors (Lipinski definition) is 4. The molecule has 0 saturated carbocycles. The number of halogens is 1. The molecule has 1 saturated heterocycles. The Hall–Kier alpha value is -0.910. The molecular weight excluding hydrogens is 298 g/mol. The summed E-state index contributed by atoms with van der Waals surface area (Å²) in [6.45, 7) is 2.05. The van der Waals surface area contributed by atoms with Gasteiger partial charge in [-0.05, 0) is 17.7 Å². The average molecular weight is 314 g/mol. The lowest BCUT2D eigenvalue weighted by molar-refractivity contribution is -0.142. The zero-order valence-corrected chi connectivity index (χ0v) is 12.5. The number of benzene rings is 1. The van der Waals surface area contributed by atoms with Crippen LogP contribution < -0.4 is 4.74 Å². The molecule has 4 nitrogen and oxygen atoms in total. The molecule has 1 aromatic carbocycles. The van der Waals surface area contributed by atoms with Crippen molar-refractivity contribution in [2.45, 2.75) is 19.0 Å². The Labute approximate surface area is 127 Å². The minimum atomic E-state index is -0.753. The van der Waals surface area contributed by atoms with Gasteiger partial charge in [-0.1, -0.05) is 11.6 Å². The highest BCUT2D eigenvalue weighted by molar-refractivity contribution is 7.99. The van der Waals surface area contributed by atoms with Gasteiger partial charge in [0.05, 0.1) is 6.61 Å². The molecule has 1 fully saturated rings. The van der Waals surface area contributed by atoms with Crippen LogP contribution in [-0.4, -0.2) is 46.7 Å². The highest BCUT2D eigenvalue weighted by atomic mass is 35.5. The number of carboxylic acids is 1. The fourth-order valence-electron chi connectivity index (χ4n) is 2.74. The van der Waals surface area contributed by atoms with Crippen LogP contribution in [0.25, 0.3) is 0 Å². The van der Waals surface area contributed by atoms with Gasteiger partial charge in [0, 0.05) is 41.6 Å². The SMILES string of the molecule is O=C(O)C1CSCCN1Cc1cc(Cl)cc2c1OCC2. The number of ether oxygens (including phenoxy) is 1. The molecule has 1 atom stereocenters. The smallest absolute Gasteiger partial charge is 0.321 e. The summed E-state index contributed by atoms with van der Waals surface area (Å²) in [5.41, 5.74) is 2.13. The third kappa shape index (κ3) is 2.75. The Kier molecular flexibility index (Phi) is 4.10. The third-order valence-electron chi connectivity index (χ3n) is 3.72. The number of rotatable bonds is 3. The van der Waals surface area contributed by atoms with E-state index in [1.807, 2.05) is 17.0 Å². The standard InChI is InChI=1S/C14H16ClNO3S/c15-11-5-9-1-3-19-13(9)10(6-11)7-16-2-4-20-8-12(16)14(17)18/h5-6,12H,1-4,7-8H2,(H,17,18). The van der Waals surface area contributed by atoms with Crippen LogP contribution >= 0.6 is 23.4 Å². The van der Waals surface area contributed by atoms with Gasteiger partial charge < -0.3 is 9.84 Å². The molecule has 20 heavy (non-hydrogen) atoms. The van der Waals surface area contributed by atoms with E-state index >= 15 is 0 Å². The number of hydrogen-bond donors (Lipinski definition) is 1. The van der Waals surface area contributed by atoms with Crippen molar-refractivity contribution >= 4 is 29.3 Å². The topological polar surface area (TPSA) is 49.8 Å². The van der Waals surface area contributed by atoms with E-state index in [0.29, 0.717) is 23.9 Å². The fourth-order valence-corrected chi connectivity index (χ4v) is 4.11. The van der Waals surface area contributed by atoms with Crippen LogP contribution in [0.5, 0.6) is 5.75 Å². The number of carboxylic acid groups (broad SMARTS) is 1. The molecule has 2 aliphatic rings. The predicted molar refractivity (Wildman–Crippen MR) is 79.8 cm³/mol. The Morgan fingerprint density at radius 3 is 3.20 bits per heavy atom. The van der Waals surface area contributed by atoms with E-state index < -0.39 is 12.0 Å². The Balaban J connectivity index is 1.85. The van der Waals surface area contributed by atoms with E-state index in [-0.39, 0.29) is 0 Å². The molecule has 0 bridgehead atoms. The second-order valence-electron chi connectivity index (χ2n) is 5.05. The largest absolute Gasteiger partial charge is 0.493 e. The predicted octanol–water partition coefficient (Wildman–Crippen LogP) is 2.28. The summed E-state index contributed by atoms with van der Waals surface area (Å²) in [4.78, 5) is 13.3. The number of aliphatic carboxylic acids is 1. The summed E-state index contributed by atoms with van der Waals surface area (Å²) in [7, 11) is 0. The van der Waals surface area contributed by atoms with Gasteiger partial charge in [0.25, 0.3) is 0 Å². The zero-order chi connectivity index (χ0) is 14.1. The van der Waals surface area contributed by atoms with Crippen LogP contribution in [0.2, 0.25) is 5.02 Å². The van der Waals surface area contributed by atoms with E-state index in [4.69, 9.17) is 16.3 Å². The van der Waals surface area contributed by atoms with Crippen molar-refractivity contribution in [1.82, 2.24) is 4.90 Å². The first-order valence-corrected chi connectivity index (χ1v) is 8.17. The van der Waals surface area contributed by atoms with E-state index in [9.17, 15) is 9.90 Å². The van der Waals surface area contributed by atoms with E-state index in [0.717, 1.165) is 35.6 Å². The van der Waals surface area contributed by atoms with Crippen molar-refractivity contribution < 1.29 is 14.6 Å². The molecular formula is C14H16ClNO3S. The highest BCUT2D eigenvalue weighted by Gasteiger charge is 2.30. The molecule has 0 amide bonds. The van der Waals surface area contributed by atoms with Gasteiger partial charge in [-0.25, -0.2) is 0 Å². The summed E-state index contributed by atoms with van der Waals surface area (Å²) in [6.07, 6.45) is 0.876. The van der Waals surface area contributed by atoms with Crippen LogP contribution in [0.15, 0.2) is 12.1 Å². The lowest BCUT2D eigenvalue weighted by Gasteiger charge is -2.32. The Morgan fingerprint density at radius 1 is 1.55 bits per heavy atom. The van der Waals surface area contributed by atoms with Gasteiger partial charge in [-0.15, -0.1) is 0 Å². The van der Waals surface area contributed by atoms with Crippen LogP contribution in [0, 0.1) is 0 Å². The summed E-state index contributed by atoms with van der Waals surface area (Å²) < 4.78 is 5.68. The quantitative estimate of drug-likeness (QED) is 0.928. The maximum Gasteiger partial charge on any atom is 0.321 e. The molecule has 2 aliphatic heterocycles. The van der Waals surface area contributed by atoms with Crippen LogP contribution in [-0.2, 0) is 17.8 Å². The zero-order valence-electron chi connectivity index (χ0n) is 11.0. The maximum atomic E-state index is 11.3. The molecule has 1 unspecified atom stereocenters. The lowest BCUT2D eigenvalue weighted by atomic mass is 10.1. The molecule has 0 aromatic heterocycles. The number of thioether (sulfide) groups is 1. The van der Waals surface area contributed by atoms with Crippen molar-refractivity contribution in [3.05, 3.63) is 28.3 Å². The van der Waals surface area contributed by atoms with Gasteiger partial charge in [-0.3, -0.25) is 9.69 Å². The normalized spacial score (nSPS) is 22.4. The Morgan fingerprint density at radius 2 is 2.40 bits per heavy atom. The van der Waals surface area contributed by atoms with E-state index in [1.165, 1.54) is 0 Å². The summed E-state index contributed by atoms with van der Waals surface area (Å²) in [6, 6.07) is 3.41. The summed E-state index contributed by atoms with van der Waals surface area (Å²) >= 11 is 7.85. The second kappa shape index (κ2) is 5.84. The van der Waals surface area contributed by atoms with Crippen molar-refractivity contribution in [2.24, 2.45) is 0 Å². The van der Waals surface area contributed by atoms with E-state index in [2.05, 4.69) is 0 Å². The van der Waals surface area contributed by atoms with E-state index in [1.54, 1.807) is 11.8 Å². The number of carbonyl (C=O) groups is 1. The van der Waals surface area contributed by atoms with Gasteiger partial charge in [0.2, 0.25) is 0 Å². The first-order chi connectivity index (χ1) is 9.65. The lowest BCUT2D eigenvalue weighted by Crippen LogP contribution is -2.46. The molecule has 0 spiro atoms. The minimum Gasteiger partial charge on any atom is -0.493 e. The summed E-state index contributed by atoms with van der Waals surface area (Å²) in [5, 5.41) is 10.0. The first kappa shape index (κ1) is 14.0. The van der Waals surface area contributed by atoms with Crippen LogP contribution in [0.1, 0.15) is 11.1 Å². The molecule has 3 rings (SSSR count). The fraction of sp³-hybridized carbons (Fsp3) is 0.500. The third-order valence-corrected chi connectivity index (χ3v) is 4.96. The van der Waals surface area contributed by atoms with Crippen molar-refractivity contribution in [3.63, 3.8) is 0 Å². The van der Waals surface area contributed by atoms with Crippen LogP contribution in [0.4, 0.5) is 0 Å². The van der Waals surface area contributed by atoms with Crippen LogP contribution in [0.3, 0.4) is 0 Å². The maximum absolute atomic E-state index is 11.3. The van der Waals surface area contributed by atoms with Crippen molar-refractivity contribution in [2.75, 3.05) is 24.7 Å². The van der Waals surface area contributed by atoms with Crippen molar-refractivity contribution in [1.29, 1.82) is 0 Å². The minimum absolute atomic E-state index is 0.426. The van der Waals surface area contributed by atoms with Gasteiger partial charge in [0.15, 0.2) is 0 Å². The highest BCUT2D eigenvalue weighted by Crippen LogP contribution is 2.34. The molecule has 0 radical (unpaired) electrons. The number of nitrogens with zero attached hydrogens (tertiary/aromatic N) is 1. The monoisotopic (exact) mass is 313 g/mol. The first-order valence-electron chi connectivity index (χ1n) is 6.64. The molecule has 1 aromatic rings. The molecule has 108 valence electrons. The molecule has 0 aliphatic carbocycles.